The summed E-state index contributed by atoms with van der Waals surface area (Å²) in [5, 5.41) is 1.77. The first-order chi connectivity index (χ1) is 22.7. The fourth-order valence-corrected chi connectivity index (χ4v) is 5.54. The van der Waals surface area contributed by atoms with E-state index in [1.807, 2.05) is 65.8 Å². The van der Waals surface area contributed by atoms with E-state index in [9.17, 15) is 9.59 Å². The molecule has 0 spiro atoms. The van der Waals surface area contributed by atoms with Gasteiger partial charge in [-0.05, 0) is 90.2 Å². The summed E-state index contributed by atoms with van der Waals surface area (Å²) in [5.74, 6) is 8.07. The molecule has 2 aliphatic rings. The maximum absolute atomic E-state index is 12.9. The maximum atomic E-state index is 12.9. The van der Waals surface area contributed by atoms with Gasteiger partial charge in [-0.15, -0.1) is 6.58 Å². The molecular weight excluding hydrogens is 604 g/mol. The molecule has 3 heterocycles. The first kappa shape index (κ1) is 34.3. The average molecular weight is 651 g/mol. The second-order valence-corrected chi connectivity index (χ2v) is 14.2. The molecule has 252 valence electrons. The Morgan fingerprint density at radius 2 is 1.83 bits per heavy atom. The molecule has 1 saturated heterocycles. The van der Waals surface area contributed by atoms with Gasteiger partial charge in [0, 0.05) is 24.6 Å². The molecular formula is C38H46N6O4. The van der Waals surface area contributed by atoms with E-state index in [0.29, 0.717) is 44.1 Å². The number of hydrogen-bond acceptors (Lipinski definition) is 6. The average Bonchev–Trinajstić information content (AvgIpc) is 3.74. The molecule has 0 bridgehead atoms. The van der Waals surface area contributed by atoms with Gasteiger partial charge in [0.1, 0.15) is 28.9 Å². The summed E-state index contributed by atoms with van der Waals surface area (Å²) < 4.78 is 11.2. The van der Waals surface area contributed by atoms with Crippen molar-refractivity contribution in [2.45, 2.75) is 84.6 Å². The zero-order valence-corrected chi connectivity index (χ0v) is 28.9. The number of hydrogen-bond donors (Lipinski definition) is 2. The van der Waals surface area contributed by atoms with Crippen molar-refractivity contribution in [1.29, 1.82) is 0 Å². The number of amides is 2. The molecule has 2 N–H and O–H groups in total. The lowest BCUT2D eigenvalue weighted by molar-refractivity contribution is 0.0222. The molecule has 5 rings (SSSR count). The van der Waals surface area contributed by atoms with Crippen molar-refractivity contribution < 1.29 is 19.1 Å². The number of ether oxygens (including phenoxy) is 2. The van der Waals surface area contributed by atoms with Crippen LogP contribution < -0.4 is 10.7 Å². The Hall–Kier alpha value is -5.04. The van der Waals surface area contributed by atoms with Gasteiger partial charge in [-0.2, -0.15) is 0 Å². The van der Waals surface area contributed by atoms with Gasteiger partial charge in [-0.1, -0.05) is 42.7 Å². The zero-order valence-electron chi connectivity index (χ0n) is 28.9. The molecule has 2 amide bonds. The van der Waals surface area contributed by atoms with Crippen molar-refractivity contribution in [3.8, 4) is 23.1 Å². The Morgan fingerprint density at radius 1 is 1.10 bits per heavy atom. The number of carbonyl (C=O) groups excluding carboxylic acids is 2. The van der Waals surface area contributed by atoms with E-state index in [2.05, 4.69) is 52.1 Å². The Bertz CT molecular complexity index is 1860. The van der Waals surface area contributed by atoms with E-state index in [1.54, 1.807) is 22.1 Å². The SMILES string of the molecule is C=CCCN(Cc1ncc(-c2ccc(C#CC3C=c4[nH]c(C5C(=C)CCN5C(=O)OC(C)(C)C)nc4=CC3)cc2)[nH]1)C(=O)OC(C)(C)C. The van der Waals surface area contributed by atoms with Crippen LogP contribution in [0, 0.1) is 17.8 Å². The van der Waals surface area contributed by atoms with Crippen LogP contribution in [-0.2, 0) is 16.0 Å². The van der Waals surface area contributed by atoms with Gasteiger partial charge in [0.25, 0.3) is 0 Å². The highest BCUT2D eigenvalue weighted by molar-refractivity contribution is 5.70. The summed E-state index contributed by atoms with van der Waals surface area (Å²) in [6.45, 7) is 20.5. The second-order valence-electron chi connectivity index (χ2n) is 14.2. The number of fused-ring (bicyclic) bond motifs is 1. The number of carbonyl (C=O) groups is 2. The Balaban J connectivity index is 1.25. The molecule has 1 fully saturated rings. The molecule has 48 heavy (non-hydrogen) atoms. The lowest BCUT2D eigenvalue weighted by Gasteiger charge is -2.27. The van der Waals surface area contributed by atoms with Gasteiger partial charge in [0.15, 0.2) is 0 Å². The summed E-state index contributed by atoms with van der Waals surface area (Å²) in [4.78, 5) is 45.1. The van der Waals surface area contributed by atoms with Crippen LogP contribution in [0.25, 0.3) is 23.4 Å². The van der Waals surface area contributed by atoms with E-state index in [-0.39, 0.29) is 24.1 Å². The third-order valence-corrected chi connectivity index (χ3v) is 7.79. The Kier molecular flexibility index (Phi) is 9.99. The molecule has 3 aromatic rings. The topological polar surface area (TPSA) is 116 Å². The van der Waals surface area contributed by atoms with E-state index < -0.39 is 11.2 Å². The Labute approximate surface area is 282 Å². The van der Waals surface area contributed by atoms with Gasteiger partial charge >= 0.3 is 12.2 Å². The van der Waals surface area contributed by atoms with Gasteiger partial charge < -0.3 is 24.3 Å². The quantitative estimate of drug-likeness (QED) is 0.240. The van der Waals surface area contributed by atoms with E-state index in [4.69, 9.17) is 14.5 Å². The minimum atomic E-state index is -0.584. The molecule has 1 aliphatic heterocycles. The summed E-state index contributed by atoms with van der Waals surface area (Å²) >= 11 is 0. The molecule has 0 saturated carbocycles. The first-order valence-corrected chi connectivity index (χ1v) is 16.4. The smallest absolute Gasteiger partial charge is 0.411 e. The van der Waals surface area contributed by atoms with Crippen LogP contribution in [0.3, 0.4) is 0 Å². The van der Waals surface area contributed by atoms with Crippen molar-refractivity contribution in [2.75, 3.05) is 13.1 Å². The van der Waals surface area contributed by atoms with Crippen molar-refractivity contribution in [1.82, 2.24) is 29.7 Å². The molecule has 2 unspecified atom stereocenters. The molecule has 10 nitrogen and oxygen atoms in total. The highest BCUT2D eigenvalue weighted by Crippen LogP contribution is 2.34. The third-order valence-electron chi connectivity index (χ3n) is 7.79. The number of nitrogens with zero attached hydrogens (tertiary/aromatic N) is 4. The van der Waals surface area contributed by atoms with Gasteiger partial charge in [-0.25, -0.2) is 19.6 Å². The van der Waals surface area contributed by atoms with Crippen LogP contribution in [0.15, 0.2) is 55.3 Å². The number of aromatic amines is 2. The van der Waals surface area contributed by atoms with Gasteiger partial charge in [0.2, 0.25) is 0 Å². The number of likely N-dealkylation sites (tertiary alicyclic amines) is 1. The van der Waals surface area contributed by atoms with Gasteiger partial charge in [0.05, 0.1) is 29.1 Å². The van der Waals surface area contributed by atoms with Crippen LogP contribution >= 0.6 is 0 Å². The molecule has 10 heteroatoms. The predicted molar refractivity (Wildman–Crippen MR) is 187 cm³/mol. The van der Waals surface area contributed by atoms with Crippen LogP contribution in [0.2, 0.25) is 0 Å². The van der Waals surface area contributed by atoms with Crippen molar-refractivity contribution in [2.24, 2.45) is 5.92 Å². The number of imidazole rings is 2. The van der Waals surface area contributed by atoms with Crippen molar-refractivity contribution >= 4 is 24.3 Å². The molecule has 0 radical (unpaired) electrons. The Morgan fingerprint density at radius 3 is 2.52 bits per heavy atom. The minimum absolute atomic E-state index is 0.0170. The first-order valence-electron chi connectivity index (χ1n) is 16.4. The maximum Gasteiger partial charge on any atom is 0.411 e. The van der Waals surface area contributed by atoms with Crippen LogP contribution in [0.5, 0.6) is 0 Å². The molecule has 1 aliphatic carbocycles. The summed E-state index contributed by atoms with van der Waals surface area (Å²) in [6.07, 6.45) is 9.10. The fourth-order valence-electron chi connectivity index (χ4n) is 5.54. The summed E-state index contributed by atoms with van der Waals surface area (Å²) in [6, 6.07) is 7.64. The minimum Gasteiger partial charge on any atom is -0.444 e. The number of H-pyrrole nitrogens is 2. The monoisotopic (exact) mass is 650 g/mol. The van der Waals surface area contributed by atoms with E-state index in [1.165, 1.54) is 0 Å². The zero-order chi connectivity index (χ0) is 34.6. The highest BCUT2D eigenvalue weighted by atomic mass is 16.6. The highest BCUT2D eigenvalue weighted by Gasteiger charge is 2.37. The van der Waals surface area contributed by atoms with Gasteiger partial charge in [-0.3, -0.25) is 4.90 Å². The lowest BCUT2D eigenvalue weighted by atomic mass is 10.0. The van der Waals surface area contributed by atoms with E-state index >= 15 is 0 Å². The number of aromatic nitrogens is 4. The number of rotatable bonds is 7. The number of benzene rings is 1. The van der Waals surface area contributed by atoms with Crippen LogP contribution in [0.1, 0.15) is 84.1 Å². The van der Waals surface area contributed by atoms with Crippen molar-refractivity contribution in [3.63, 3.8) is 0 Å². The largest absolute Gasteiger partial charge is 0.444 e. The molecule has 2 atom stereocenters. The van der Waals surface area contributed by atoms with Crippen molar-refractivity contribution in [3.05, 3.63) is 83.2 Å². The number of nitrogens with one attached hydrogen (secondary N) is 2. The lowest BCUT2D eigenvalue weighted by Crippen LogP contribution is -2.37. The normalized spacial score (nSPS) is 17.4. The standard InChI is InChI=1S/C38H46N6O4/c1-9-10-20-43(35(45)47-37(3,4)5)24-32-39-23-31(40-32)28-16-13-26(14-17-28)11-12-27-15-18-29-30(22-27)42-34(41-29)33-25(2)19-21-44(33)36(46)48-38(6,7)8/h9,13-14,16-18,22-23,27,33H,1-2,10,15,19-21,24H2,3-8H3,(H,39,40)(H,41,42). The predicted octanol–water partition coefficient (Wildman–Crippen LogP) is 5.98. The summed E-state index contributed by atoms with van der Waals surface area (Å²) in [5.41, 5.74) is 2.49. The molecule has 1 aromatic carbocycles. The second kappa shape index (κ2) is 14.0. The van der Waals surface area contributed by atoms with Crippen LogP contribution in [0.4, 0.5) is 9.59 Å². The fraction of sp³-hybridized carbons (Fsp3) is 0.421. The van der Waals surface area contributed by atoms with E-state index in [0.717, 1.165) is 39.5 Å². The molecule has 2 aromatic heterocycles. The third kappa shape index (κ3) is 8.65. The van der Waals surface area contributed by atoms with Crippen LogP contribution in [-0.4, -0.2) is 66.2 Å². The summed E-state index contributed by atoms with van der Waals surface area (Å²) in [7, 11) is 0.